The summed E-state index contributed by atoms with van der Waals surface area (Å²) in [6.07, 6.45) is 0. The molecule has 0 radical (unpaired) electrons. The Morgan fingerprint density at radius 1 is 1.10 bits per heavy atom. The molecule has 1 aromatic carbocycles. The summed E-state index contributed by atoms with van der Waals surface area (Å²) in [6, 6.07) is 6.82. The number of piperazine rings is 1. The molecular weight excluding hydrogens is 267 g/mol. The van der Waals surface area contributed by atoms with Gasteiger partial charge in [-0.25, -0.2) is 14.0 Å². The Morgan fingerprint density at radius 3 is 2.10 bits per heavy atom. The first-order chi connectivity index (χ1) is 9.40. The highest BCUT2D eigenvalue weighted by molar-refractivity contribution is 6.27. The third-order valence-corrected chi connectivity index (χ3v) is 2.86. The van der Waals surface area contributed by atoms with Crippen LogP contribution in [-0.2, 0) is 9.59 Å². The van der Waals surface area contributed by atoms with Gasteiger partial charge in [0, 0.05) is 31.9 Å². The van der Waals surface area contributed by atoms with Crippen LogP contribution in [0.2, 0.25) is 0 Å². The number of carboxylic acid groups (broad SMARTS) is 2. The molecule has 1 aromatic rings. The standard InChI is InChI=1S/C11H15FN2.C2H2O4/c1-13-5-7-14(8-6-13)11-4-2-3-10(12)9-11;3-1(4)2(5)6/h2-4,9H,5-8H2,1H3;(H,3,4)(H,5,6). The van der Waals surface area contributed by atoms with Crippen molar-refractivity contribution < 1.29 is 24.2 Å². The molecule has 1 aliphatic heterocycles. The van der Waals surface area contributed by atoms with Gasteiger partial charge >= 0.3 is 11.9 Å². The Balaban J connectivity index is 0.000000286. The van der Waals surface area contributed by atoms with E-state index < -0.39 is 11.9 Å². The Morgan fingerprint density at radius 2 is 1.65 bits per heavy atom. The Bertz CT molecular complexity index is 461. The van der Waals surface area contributed by atoms with E-state index in [-0.39, 0.29) is 5.82 Å². The summed E-state index contributed by atoms with van der Waals surface area (Å²) in [7, 11) is 2.11. The van der Waals surface area contributed by atoms with Crippen LogP contribution < -0.4 is 4.90 Å². The predicted molar refractivity (Wildman–Crippen MR) is 71.4 cm³/mol. The van der Waals surface area contributed by atoms with Crippen molar-refractivity contribution in [2.75, 3.05) is 38.1 Å². The number of hydrogen-bond acceptors (Lipinski definition) is 4. The van der Waals surface area contributed by atoms with Crippen molar-refractivity contribution >= 4 is 17.6 Å². The van der Waals surface area contributed by atoms with Crippen LogP contribution in [0.5, 0.6) is 0 Å². The maximum absolute atomic E-state index is 13.0. The van der Waals surface area contributed by atoms with Crippen LogP contribution in [0.1, 0.15) is 0 Å². The van der Waals surface area contributed by atoms with Gasteiger partial charge in [0.1, 0.15) is 5.82 Å². The lowest BCUT2D eigenvalue weighted by atomic mass is 10.2. The summed E-state index contributed by atoms with van der Waals surface area (Å²) in [4.78, 5) is 22.7. The van der Waals surface area contributed by atoms with Gasteiger partial charge in [0.15, 0.2) is 0 Å². The normalized spacial score (nSPS) is 15.2. The summed E-state index contributed by atoms with van der Waals surface area (Å²) < 4.78 is 13.0. The molecule has 1 fully saturated rings. The van der Waals surface area contributed by atoms with E-state index in [0.29, 0.717) is 0 Å². The van der Waals surface area contributed by atoms with Gasteiger partial charge in [-0.1, -0.05) is 6.07 Å². The van der Waals surface area contributed by atoms with Gasteiger partial charge in [0.25, 0.3) is 0 Å². The Hall–Kier alpha value is -2.15. The highest BCUT2D eigenvalue weighted by atomic mass is 19.1. The van der Waals surface area contributed by atoms with E-state index in [9.17, 15) is 4.39 Å². The molecule has 20 heavy (non-hydrogen) atoms. The molecule has 2 rings (SSSR count). The first kappa shape index (κ1) is 15.9. The van der Waals surface area contributed by atoms with E-state index in [1.807, 2.05) is 6.07 Å². The van der Waals surface area contributed by atoms with Crippen molar-refractivity contribution in [3.63, 3.8) is 0 Å². The highest BCUT2D eigenvalue weighted by Crippen LogP contribution is 2.16. The Kier molecular flexibility index (Phi) is 5.92. The molecule has 0 saturated carbocycles. The third-order valence-electron chi connectivity index (χ3n) is 2.86. The molecule has 0 unspecified atom stereocenters. The lowest BCUT2D eigenvalue weighted by Crippen LogP contribution is -2.44. The molecule has 1 saturated heterocycles. The minimum atomic E-state index is -1.82. The topological polar surface area (TPSA) is 81.1 Å². The fourth-order valence-corrected chi connectivity index (χ4v) is 1.74. The third kappa shape index (κ3) is 5.23. The van der Waals surface area contributed by atoms with Crippen molar-refractivity contribution in [1.29, 1.82) is 0 Å². The van der Waals surface area contributed by atoms with Crippen LogP contribution >= 0.6 is 0 Å². The molecule has 0 aromatic heterocycles. The largest absolute Gasteiger partial charge is 0.473 e. The number of aliphatic carboxylic acids is 2. The predicted octanol–water partition coefficient (Wildman–Crippen LogP) is 0.733. The summed E-state index contributed by atoms with van der Waals surface area (Å²) in [5, 5.41) is 14.8. The number of rotatable bonds is 1. The van der Waals surface area contributed by atoms with Crippen LogP contribution in [0.15, 0.2) is 24.3 Å². The van der Waals surface area contributed by atoms with Crippen molar-refractivity contribution in [2.24, 2.45) is 0 Å². The number of hydrogen-bond donors (Lipinski definition) is 2. The van der Waals surface area contributed by atoms with Gasteiger partial charge in [-0.15, -0.1) is 0 Å². The van der Waals surface area contributed by atoms with Gasteiger partial charge in [-0.3, -0.25) is 0 Å². The molecule has 0 spiro atoms. The highest BCUT2D eigenvalue weighted by Gasteiger charge is 2.14. The van der Waals surface area contributed by atoms with Crippen LogP contribution in [0, 0.1) is 5.82 Å². The monoisotopic (exact) mass is 284 g/mol. The molecule has 2 N–H and O–H groups in total. The van der Waals surface area contributed by atoms with E-state index >= 15 is 0 Å². The fraction of sp³-hybridized carbons (Fsp3) is 0.385. The minimum absolute atomic E-state index is 0.151. The van der Waals surface area contributed by atoms with E-state index in [2.05, 4.69) is 16.8 Å². The molecule has 0 amide bonds. The minimum Gasteiger partial charge on any atom is -0.473 e. The SMILES string of the molecule is CN1CCN(c2cccc(F)c2)CC1.O=C(O)C(=O)O. The molecule has 0 atom stereocenters. The van der Waals surface area contributed by atoms with Crippen LogP contribution in [-0.4, -0.2) is 60.3 Å². The maximum atomic E-state index is 13.0. The van der Waals surface area contributed by atoms with Crippen molar-refractivity contribution in [3.8, 4) is 0 Å². The molecule has 0 aliphatic carbocycles. The summed E-state index contributed by atoms with van der Waals surface area (Å²) in [5.74, 6) is -3.80. The quantitative estimate of drug-likeness (QED) is 0.740. The average Bonchev–Trinajstić information content (AvgIpc) is 2.40. The zero-order chi connectivity index (χ0) is 15.1. The second-order valence-corrected chi connectivity index (χ2v) is 4.38. The number of carboxylic acids is 2. The summed E-state index contributed by atoms with van der Waals surface area (Å²) >= 11 is 0. The molecule has 6 nitrogen and oxygen atoms in total. The van der Waals surface area contributed by atoms with E-state index in [4.69, 9.17) is 19.8 Å². The summed E-state index contributed by atoms with van der Waals surface area (Å²) in [5.41, 5.74) is 0.998. The maximum Gasteiger partial charge on any atom is 0.414 e. The first-order valence-electron chi connectivity index (χ1n) is 6.05. The second-order valence-electron chi connectivity index (χ2n) is 4.38. The Labute approximate surface area is 116 Å². The van der Waals surface area contributed by atoms with Crippen molar-refractivity contribution in [3.05, 3.63) is 30.1 Å². The van der Waals surface area contributed by atoms with Gasteiger partial charge in [-0.2, -0.15) is 0 Å². The van der Waals surface area contributed by atoms with Gasteiger partial charge in [0.05, 0.1) is 0 Å². The van der Waals surface area contributed by atoms with Gasteiger partial charge in [0.2, 0.25) is 0 Å². The van der Waals surface area contributed by atoms with E-state index in [0.717, 1.165) is 31.9 Å². The number of likely N-dealkylation sites (N-methyl/N-ethyl adjacent to an activating group) is 1. The number of nitrogens with zero attached hydrogens (tertiary/aromatic N) is 2. The molecule has 7 heteroatoms. The zero-order valence-corrected chi connectivity index (χ0v) is 11.1. The molecular formula is C13H17FN2O4. The van der Waals surface area contributed by atoms with Crippen LogP contribution in [0.3, 0.4) is 0 Å². The molecule has 0 bridgehead atoms. The fourth-order valence-electron chi connectivity index (χ4n) is 1.74. The zero-order valence-electron chi connectivity index (χ0n) is 11.1. The lowest BCUT2D eigenvalue weighted by molar-refractivity contribution is -0.159. The van der Waals surface area contributed by atoms with Crippen LogP contribution in [0.4, 0.5) is 10.1 Å². The van der Waals surface area contributed by atoms with Gasteiger partial charge < -0.3 is 20.0 Å². The number of carbonyl (C=O) groups is 2. The summed E-state index contributed by atoms with van der Waals surface area (Å²) in [6.45, 7) is 4.08. The second kappa shape index (κ2) is 7.44. The molecule has 110 valence electrons. The smallest absolute Gasteiger partial charge is 0.414 e. The first-order valence-corrected chi connectivity index (χ1v) is 6.05. The van der Waals surface area contributed by atoms with Gasteiger partial charge in [-0.05, 0) is 25.2 Å². The average molecular weight is 284 g/mol. The van der Waals surface area contributed by atoms with E-state index in [1.165, 1.54) is 6.07 Å². The number of anilines is 1. The lowest BCUT2D eigenvalue weighted by Gasteiger charge is -2.34. The number of halogens is 1. The van der Waals surface area contributed by atoms with Crippen LogP contribution in [0.25, 0.3) is 0 Å². The molecule has 1 aliphatic rings. The number of benzene rings is 1. The van der Waals surface area contributed by atoms with Crippen molar-refractivity contribution in [2.45, 2.75) is 0 Å². The van der Waals surface area contributed by atoms with E-state index in [1.54, 1.807) is 12.1 Å². The van der Waals surface area contributed by atoms with Crippen molar-refractivity contribution in [1.82, 2.24) is 4.90 Å². The molecule has 1 heterocycles.